The lowest BCUT2D eigenvalue weighted by molar-refractivity contribution is 0.0100. The van der Waals surface area contributed by atoms with Crippen molar-refractivity contribution in [3.8, 4) is 0 Å². The highest BCUT2D eigenvalue weighted by atomic mass is 32.2. The number of piperazine rings is 1. The molecule has 2 saturated heterocycles. The fraction of sp³-hybridized carbons (Fsp3) is 0.520. The SMILES string of the molecule is C[C@@H]1CN(c2ccc(S(C)(=N)=O)cn2)C[C@H](C)N1C(=O)OC1CCN(Cc2ccccc2)CC1. The molecule has 3 heterocycles. The van der Waals surface area contributed by atoms with E-state index in [0.717, 1.165) is 38.3 Å². The monoisotopic (exact) mass is 485 g/mol. The molecular formula is C25H35N5O3S. The Labute approximate surface area is 202 Å². The number of nitrogens with one attached hydrogen (secondary N) is 1. The van der Waals surface area contributed by atoms with Gasteiger partial charge in [-0.2, -0.15) is 0 Å². The second kappa shape index (κ2) is 10.3. The van der Waals surface area contributed by atoms with Crippen LogP contribution >= 0.6 is 0 Å². The highest BCUT2D eigenvalue weighted by Crippen LogP contribution is 2.24. The fourth-order valence-electron chi connectivity index (χ4n) is 4.89. The number of amides is 1. The average molecular weight is 486 g/mol. The summed E-state index contributed by atoms with van der Waals surface area (Å²) in [5.74, 6) is 0.768. The van der Waals surface area contributed by atoms with E-state index in [0.29, 0.717) is 18.0 Å². The van der Waals surface area contributed by atoms with Crippen molar-refractivity contribution in [2.75, 3.05) is 37.3 Å². The van der Waals surface area contributed by atoms with Crippen LogP contribution in [0.15, 0.2) is 53.6 Å². The summed E-state index contributed by atoms with van der Waals surface area (Å²) in [4.78, 5) is 24.3. The minimum Gasteiger partial charge on any atom is -0.446 e. The van der Waals surface area contributed by atoms with Crippen molar-refractivity contribution in [2.45, 2.75) is 56.3 Å². The molecular weight excluding hydrogens is 450 g/mol. The molecule has 34 heavy (non-hydrogen) atoms. The minimum atomic E-state index is -2.78. The highest BCUT2D eigenvalue weighted by molar-refractivity contribution is 7.91. The lowest BCUT2D eigenvalue weighted by atomic mass is 10.1. The summed E-state index contributed by atoms with van der Waals surface area (Å²) in [5, 5.41) is 0. The molecule has 9 heteroatoms. The number of aromatic nitrogens is 1. The summed E-state index contributed by atoms with van der Waals surface area (Å²) in [6.07, 6.45) is 4.35. The normalized spacial score (nSPS) is 24.0. The van der Waals surface area contributed by atoms with E-state index in [1.54, 1.807) is 6.07 Å². The van der Waals surface area contributed by atoms with Crippen LogP contribution in [0.1, 0.15) is 32.3 Å². The maximum absolute atomic E-state index is 13.1. The van der Waals surface area contributed by atoms with E-state index < -0.39 is 9.73 Å². The quantitative estimate of drug-likeness (QED) is 0.693. The van der Waals surface area contributed by atoms with E-state index in [2.05, 4.69) is 39.0 Å². The number of nitrogens with zero attached hydrogens (tertiary/aromatic N) is 4. The van der Waals surface area contributed by atoms with E-state index >= 15 is 0 Å². The van der Waals surface area contributed by atoms with Crippen molar-refractivity contribution < 1.29 is 13.7 Å². The van der Waals surface area contributed by atoms with Gasteiger partial charge in [0.05, 0.1) is 26.7 Å². The van der Waals surface area contributed by atoms with Gasteiger partial charge in [-0.05, 0) is 44.4 Å². The molecule has 4 rings (SSSR count). The van der Waals surface area contributed by atoms with E-state index in [9.17, 15) is 9.00 Å². The summed E-state index contributed by atoms with van der Waals surface area (Å²) in [6, 6.07) is 13.9. The first-order chi connectivity index (χ1) is 16.2. The maximum Gasteiger partial charge on any atom is 0.410 e. The van der Waals surface area contributed by atoms with Crippen molar-refractivity contribution in [2.24, 2.45) is 0 Å². The molecule has 1 N–H and O–H groups in total. The van der Waals surface area contributed by atoms with E-state index in [4.69, 9.17) is 9.52 Å². The van der Waals surface area contributed by atoms with Crippen LogP contribution in [0.3, 0.4) is 0 Å². The van der Waals surface area contributed by atoms with Gasteiger partial charge in [-0.25, -0.2) is 18.8 Å². The molecule has 2 fully saturated rings. The summed E-state index contributed by atoms with van der Waals surface area (Å²) in [7, 11) is -2.78. The van der Waals surface area contributed by atoms with E-state index in [-0.39, 0.29) is 24.3 Å². The van der Waals surface area contributed by atoms with Gasteiger partial charge < -0.3 is 9.64 Å². The van der Waals surface area contributed by atoms with Crippen LogP contribution in [0.25, 0.3) is 0 Å². The third-order valence-electron chi connectivity index (χ3n) is 6.68. The number of hydrogen-bond donors (Lipinski definition) is 1. The lowest BCUT2D eigenvalue weighted by Gasteiger charge is -2.44. The van der Waals surface area contributed by atoms with Crippen molar-refractivity contribution in [3.05, 3.63) is 54.2 Å². The van der Waals surface area contributed by atoms with Gasteiger partial charge >= 0.3 is 6.09 Å². The Morgan fingerprint density at radius 1 is 1.09 bits per heavy atom. The number of piperidine rings is 1. The maximum atomic E-state index is 13.1. The molecule has 1 unspecified atom stereocenters. The first kappa shape index (κ1) is 24.5. The van der Waals surface area contributed by atoms with E-state index in [1.807, 2.05) is 30.9 Å². The van der Waals surface area contributed by atoms with Crippen LogP contribution < -0.4 is 4.90 Å². The molecule has 2 aliphatic rings. The smallest absolute Gasteiger partial charge is 0.410 e. The number of benzene rings is 1. The summed E-state index contributed by atoms with van der Waals surface area (Å²) in [6.45, 7) is 8.13. The number of carbonyl (C=O) groups is 1. The molecule has 1 amide bonds. The number of likely N-dealkylation sites (tertiary alicyclic amines) is 1. The van der Waals surface area contributed by atoms with Gasteiger partial charge in [-0.3, -0.25) is 9.80 Å². The molecule has 2 aromatic rings. The predicted octanol–water partition coefficient (Wildman–Crippen LogP) is 3.82. The van der Waals surface area contributed by atoms with Crippen LogP contribution in [-0.4, -0.2) is 75.7 Å². The van der Waals surface area contributed by atoms with Crippen LogP contribution in [0.4, 0.5) is 10.6 Å². The van der Waals surface area contributed by atoms with Crippen molar-refractivity contribution in [1.29, 1.82) is 4.78 Å². The van der Waals surface area contributed by atoms with Crippen LogP contribution in [0.5, 0.6) is 0 Å². The zero-order chi connectivity index (χ0) is 24.3. The van der Waals surface area contributed by atoms with Crippen LogP contribution in [0.2, 0.25) is 0 Å². The largest absolute Gasteiger partial charge is 0.446 e. The number of hydrogen-bond acceptors (Lipinski definition) is 7. The molecule has 0 radical (unpaired) electrons. The zero-order valence-electron chi connectivity index (χ0n) is 20.2. The summed E-state index contributed by atoms with van der Waals surface area (Å²) >= 11 is 0. The van der Waals surface area contributed by atoms with Gasteiger partial charge in [0.2, 0.25) is 0 Å². The highest BCUT2D eigenvalue weighted by Gasteiger charge is 2.36. The Balaban J connectivity index is 1.29. The predicted molar refractivity (Wildman–Crippen MR) is 133 cm³/mol. The molecule has 184 valence electrons. The second-order valence-electron chi connectivity index (χ2n) is 9.55. The average Bonchev–Trinajstić information content (AvgIpc) is 2.80. The van der Waals surface area contributed by atoms with Gasteiger partial charge in [-0.1, -0.05) is 30.3 Å². The Kier molecular flexibility index (Phi) is 7.42. The van der Waals surface area contributed by atoms with Gasteiger partial charge in [0.1, 0.15) is 11.9 Å². The molecule has 1 aromatic carbocycles. The van der Waals surface area contributed by atoms with Crippen LogP contribution in [-0.2, 0) is 21.0 Å². The van der Waals surface area contributed by atoms with Crippen molar-refractivity contribution in [1.82, 2.24) is 14.8 Å². The zero-order valence-corrected chi connectivity index (χ0v) is 21.0. The Morgan fingerprint density at radius 2 is 1.74 bits per heavy atom. The molecule has 0 aliphatic carbocycles. The minimum absolute atomic E-state index is 0.0255. The number of ether oxygens (including phenoxy) is 1. The Morgan fingerprint density at radius 3 is 2.29 bits per heavy atom. The van der Waals surface area contributed by atoms with Gasteiger partial charge in [0, 0.05) is 45.2 Å². The Bertz CT molecular complexity index is 1060. The first-order valence-electron chi connectivity index (χ1n) is 11.9. The standard InChI is InChI=1S/C25H35N5O3S/c1-19-16-29(24-10-9-23(15-27-24)34(3,26)32)17-20(2)30(19)25(31)33-22-11-13-28(14-12-22)18-21-7-5-4-6-8-21/h4-10,15,19-20,22,26H,11-14,16-18H2,1-3H3/t19-,20+,34?. The number of rotatable bonds is 5. The topological polar surface area (TPSA) is 89.8 Å². The van der Waals surface area contributed by atoms with Gasteiger partial charge in [0.25, 0.3) is 0 Å². The van der Waals surface area contributed by atoms with Gasteiger partial charge in [-0.15, -0.1) is 0 Å². The van der Waals surface area contributed by atoms with Crippen LogP contribution in [0, 0.1) is 4.78 Å². The molecule has 0 spiro atoms. The summed E-state index contributed by atoms with van der Waals surface area (Å²) < 4.78 is 25.6. The molecule has 0 bridgehead atoms. The third-order valence-corrected chi connectivity index (χ3v) is 7.82. The van der Waals surface area contributed by atoms with E-state index in [1.165, 1.54) is 18.0 Å². The number of carbonyl (C=O) groups excluding carboxylic acids is 1. The Hall–Kier alpha value is -2.65. The number of pyridine rings is 1. The molecule has 1 aromatic heterocycles. The fourth-order valence-corrected chi connectivity index (χ4v) is 5.47. The molecule has 0 saturated carbocycles. The molecule has 2 aliphatic heterocycles. The number of anilines is 1. The molecule has 3 atom stereocenters. The summed E-state index contributed by atoms with van der Waals surface area (Å²) in [5.41, 5.74) is 1.31. The first-order valence-corrected chi connectivity index (χ1v) is 13.9. The third kappa shape index (κ3) is 5.88. The van der Waals surface area contributed by atoms with Crippen molar-refractivity contribution >= 4 is 21.6 Å². The molecule has 8 nitrogen and oxygen atoms in total. The van der Waals surface area contributed by atoms with Gasteiger partial charge in [0.15, 0.2) is 0 Å². The lowest BCUT2D eigenvalue weighted by Crippen LogP contribution is -2.59. The van der Waals surface area contributed by atoms with Crippen molar-refractivity contribution in [3.63, 3.8) is 0 Å². The second-order valence-corrected chi connectivity index (χ2v) is 11.7.